The fourth-order valence-corrected chi connectivity index (χ4v) is 2.37. The van der Waals surface area contributed by atoms with Gasteiger partial charge in [0, 0.05) is 29.0 Å². The molecule has 0 fully saturated rings. The first-order chi connectivity index (χ1) is 11.1. The standard InChI is InChI=1S/C18H22ClN3O/c1-3-4-5-10-21-18(23)14-9-11-20-17(12-14)22-16-8-6-7-15(19)13(16)2/h6-9,11-12H,3-5,10H2,1-2H3,(H,20,22)(H,21,23). The van der Waals surface area contributed by atoms with Crippen LogP contribution in [-0.2, 0) is 0 Å². The van der Waals surface area contributed by atoms with E-state index >= 15 is 0 Å². The van der Waals surface area contributed by atoms with E-state index < -0.39 is 0 Å². The van der Waals surface area contributed by atoms with Gasteiger partial charge in [0.15, 0.2) is 0 Å². The van der Waals surface area contributed by atoms with E-state index in [2.05, 4.69) is 22.5 Å². The summed E-state index contributed by atoms with van der Waals surface area (Å²) in [5.74, 6) is 0.547. The molecule has 0 aliphatic heterocycles. The second-order valence-corrected chi connectivity index (χ2v) is 5.84. The number of hydrogen-bond donors (Lipinski definition) is 2. The zero-order chi connectivity index (χ0) is 16.7. The number of amides is 1. The summed E-state index contributed by atoms with van der Waals surface area (Å²) in [5.41, 5.74) is 2.43. The summed E-state index contributed by atoms with van der Waals surface area (Å²) in [6.07, 6.45) is 4.89. The molecule has 2 rings (SSSR count). The SMILES string of the molecule is CCCCCNC(=O)c1ccnc(Nc2cccc(Cl)c2C)c1. The van der Waals surface area contributed by atoms with Gasteiger partial charge in [0.25, 0.3) is 5.91 Å². The molecule has 0 aliphatic carbocycles. The highest BCUT2D eigenvalue weighted by Crippen LogP contribution is 2.25. The van der Waals surface area contributed by atoms with Crippen LogP contribution >= 0.6 is 11.6 Å². The van der Waals surface area contributed by atoms with Crippen molar-refractivity contribution in [2.45, 2.75) is 33.1 Å². The summed E-state index contributed by atoms with van der Waals surface area (Å²) < 4.78 is 0. The van der Waals surface area contributed by atoms with Gasteiger partial charge in [-0.1, -0.05) is 37.4 Å². The lowest BCUT2D eigenvalue weighted by Crippen LogP contribution is -2.24. The van der Waals surface area contributed by atoms with Gasteiger partial charge in [0.05, 0.1) is 0 Å². The maximum atomic E-state index is 12.1. The van der Waals surface area contributed by atoms with E-state index in [1.165, 1.54) is 0 Å². The van der Waals surface area contributed by atoms with Crippen molar-refractivity contribution >= 4 is 29.0 Å². The van der Waals surface area contributed by atoms with Gasteiger partial charge in [-0.3, -0.25) is 4.79 Å². The lowest BCUT2D eigenvalue weighted by atomic mass is 10.2. The largest absolute Gasteiger partial charge is 0.352 e. The number of aromatic nitrogens is 1. The molecule has 1 amide bonds. The number of rotatable bonds is 7. The molecule has 0 saturated carbocycles. The average Bonchev–Trinajstić information content (AvgIpc) is 2.56. The number of halogens is 1. The van der Waals surface area contributed by atoms with E-state index in [-0.39, 0.29) is 5.91 Å². The molecular weight excluding hydrogens is 310 g/mol. The first kappa shape index (κ1) is 17.3. The minimum Gasteiger partial charge on any atom is -0.352 e. The highest BCUT2D eigenvalue weighted by Gasteiger charge is 2.08. The zero-order valence-corrected chi connectivity index (χ0v) is 14.3. The predicted octanol–water partition coefficient (Wildman–Crippen LogP) is 4.71. The molecule has 0 saturated heterocycles. The number of carbonyl (C=O) groups excluding carboxylic acids is 1. The Labute approximate surface area is 142 Å². The highest BCUT2D eigenvalue weighted by molar-refractivity contribution is 6.31. The third-order valence-corrected chi connectivity index (χ3v) is 4.03. The lowest BCUT2D eigenvalue weighted by Gasteiger charge is -2.11. The van der Waals surface area contributed by atoms with Gasteiger partial charge in [0.2, 0.25) is 0 Å². The van der Waals surface area contributed by atoms with Crippen LogP contribution in [0.5, 0.6) is 0 Å². The maximum Gasteiger partial charge on any atom is 0.251 e. The number of unbranched alkanes of at least 4 members (excludes halogenated alkanes) is 2. The molecule has 0 spiro atoms. The summed E-state index contributed by atoms with van der Waals surface area (Å²) in [4.78, 5) is 16.4. The van der Waals surface area contributed by atoms with E-state index in [0.717, 1.165) is 30.5 Å². The van der Waals surface area contributed by atoms with E-state index in [1.807, 2.05) is 25.1 Å². The summed E-state index contributed by atoms with van der Waals surface area (Å²) in [5, 5.41) is 6.83. The number of nitrogens with one attached hydrogen (secondary N) is 2. The van der Waals surface area contributed by atoms with Crippen molar-refractivity contribution in [1.82, 2.24) is 10.3 Å². The Morgan fingerprint density at radius 2 is 2.09 bits per heavy atom. The van der Waals surface area contributed by atoms with Gasteiger partial charge >= 0.3 is 0 Å². The molecule has 0 aliphatic rings. The van der Waals surface area contributed by atoms with Crippen LogP contribution in [0.4, 0.5) is 11.5 Å². The monoisotopic (exact) mass is 331 g/mol. The lowest BCUT2D eigenvalue weighted by molar-refractivity contribution is 0.0953. The molecule has 23 heavy (non-hydrogen) atoms. The van der Waals surface area contributed by atoms with Gasteiger partial charge in [-0.2, -0.15) is 0 Å². The van der Waals surface area contributed by atoms with Crippen LogP contribution in [0, 0.1) is 6.92 Å². The molecule has 122 valence electrons. The first-order valence-corrected chi connectivity index (χ1v) is 8.26. The van der Waals surface area contributed by atoms with E-state index in [9.17, 15) is 4.79 Å². The van der Waals surface area contributed by atoms with Crippen molar-refractivity contribution in [3.05, 3.63) is 52.7 Å². The van der Waals surface area contributed by atoms with Crippen molar-refractivity contribution in [2.24, 2.45) is 0 Å². The quantitative estimate of drug-likeness (QED) is 0.722. The van der Waals surface area contributed by atoms with Crippen LogP contribution in [0.25, 0.3) is 0 Å². The molecule has 0 bridgehead atoms. The van der Waals surface area contributed by atoms with Gasteiger partial charge in [-0.25, -0.2) is 4.98 Å². The number of carbonyl (C=O) groups is 1. The Bertz CT molecular complexity index is 673. The smallest absolute Gasteiger partial charge is 0.251 e. The van der Waals surface area contributed by atoms with Crippen LogP contribution in [0.1, 0.15) is 42.1 Å². The fraction of sp³-hybridized carbons (Fsp3) is 0.333. The Balaban J connectivity index is 2.04. The van der Waals surface area contributed by atoms with Gasteiger partial charge in [0.1, 0.15) is 5.82 Å². The highest BCUT2D eigenvalue weighted by atomic mass is 35.5. The Kier molecular flexibility index (Phi) is 6.41. The molecule has 5 heteroatoms. The number of benzene rings is 1. The van der Waals surface area contributed by atoms with E-state index in [0.29, 0.717) is 22.9 Å². The van der Waals surface area contributed by atoms with Crippen LogP contribution in [0.3, 0.4) is 0 Å². The molecular formula is C18H22ClN3O. The molecule has 1 aromatic carbocycles. The number of anilines is 2. The average molecular weight is 332 g/mol. The van der Waals surface area contributed by atoms with E-state index in [1.54, 1.807) is 18.3 Å². The molecule has 0 unspecified atom stereocenters. The third-order valence-electron chi connectivity index (χ3n) is 3.62. The van der Waals surface area contributed by atoms with Crippen LogP contribution < -0.4 is 10.6 Å². The zero-order valence-electron chi connectivity index (χ0n) is 13.5. The van der Waals surface area contributed by atoms with E-state index in [4.69, 9.17) is 11.6 Å². The number of pyridine rings is 1. The molecule has 2 aromatic rings. The number of nitrogens with zero attached hydrogens (tertiary/aromatic N) is 1. The minimum atomic E-state index is -0.0747. The van der Waals surface area contributed by atoms with Crippen molar-refractivity contribution in [3.8, 4) is 0 Å². The summed E-state index contributed by atoms with van der Waals surface area (Å²) in [6.45, 7) is 4.78. The van der Waals surface area contributed by atoms with Crippen molar-refractivity contribution < 1.29 is 4.79 Å². The summed E-state index contributed by atoms with van der Waals surface area (Å²) in [6, 6.07) is 9.11. The first-order valence-electron chi connectivity index (χ1n) is 7.88. The normalized spacial score (nSPS) is 10.4. The molecule has 0 atom stereocenters. The van der Waals surface area contributed by atoms with Crippen molar-refractivity contribution in [3.63, 3.8) is 0 Å². The number of hydrogen-bond acceptors (Lipinski definition) is 3. The van der Waals surface area contributed by atoms with Crippen molar-refractivity contribution in [2.75, 3.05) is 11.9 Å². The fourth-order valence-electron chi connectivity index (χ4n) is 2.20. The minimum absolute atomic E-state index is 0.0747. The second-order valence-electron chi connectivity index (χ2n) is 5.43. The summed E-state index contributed by atoms with van der Waals surface area (Å²) in [7, 11) is 0. The Morgan fingerprint density at radius 1 is 1.26 bits per heavy atom. The van der Waals surface area contributed by atoms with Crippen LogP contribution in [0.15, 0.2) is 36.5 Å². The van der Waals surface area contributed by atoms with Gasteiger partial charge < -0.3 is 10.6 Å². The Hall–Kier alpha value is -2.07. The summed E-state index contributed by atoms with van der Waals surface area (Å²) >= 11 is 6.12. The maximum absolute atomic E-state index is 12.1. The van der Waals surface area contributed by atoms with Crippen LogP contribution in [-0.4, -0.2) is 17.4 Å². The second kappa shape index (κ2) is 8.53. The third kappa shape index (κ3) is 4.96. The van der Waals surface area contributed by atoms with Gasteiger partial charge in [-0.15, -0.1) is 0 Å². The molecule has 2 N–H and O–H groups in total. The molecule has 1 aromatic heterocycles. The topological polar surface area (TPSA) is 54.0 Å². The molecule has 4 nitrogen and oxygen atoms in total. The van der Waals surface area contributed by atoms with Gasteiger partial charge in [-0.05, 0) is 43.2 Å². The van der Waals surface area contributed by atoms with Crippen molar-refractivity contribution in [1.29, 1.82) is 0 Å². The Morgan fingerprint density at radius 3 is 2.87 bits per heavy atom. The molecule has 1 heterocycles. The predicted molar refractivity (Wildman–Crippen MR) is 95.6 cm³/mol. The molecule has 0 radical (unpaired) electrons. The van der Waals surface area contributed by atoms with Crippen LogP contribution in [0.2, 0.25) is 5.02 Å².